The van der Waals surface area contributed by atoms with Crippen molar-refractivity contribution in [1.82, 2.24) is 10.2 Å². The second-order valence-corrected chi connectivity index (χ2v) is 7.68. The number of rotatable bonds is 8. The molecular formula is C13H28N2O2S. The fraction of sp³-hybridized carbons (Fsp3) is 1.00. The van der Waals surface area contributed by atoms with Crippen LogP contribution < -0.4 is 5.32 Å². The molecule has 108 valence electrons. The minimum Gasteiger partial charge on any atom is -0.317 e. The van der Waals surface area contributed by atoms with E-state index in [4.69, 9.17) is 0 Å². The lowest BCUT2D eigenvalue weighted by Gasteiger charge is -2.32. The summed E-state index contributed by atoms with van der Waals surface area (Å²) in [5, 5.41) is 3.41. The summed E-state index contributed by atoms with van der Waals surface area (Å²) < 4.78 is 22.8. The van der Waals surface area contributed by atoms with Crippen molar-refractivity contribution in [2.24, 2.45) is 5.92 Å². The molecule has 1 N–H and O–H groups in total. The molecule has 1 aliphatic rings. The average Bonchev–Trinajstić information content (AvgIpc) is 2.37. The first-order chi connectivity index (χ1) is 8.57. The molecule has 0 amide bonds. The summed E-state index contributed by atoms with van der Waals surface area (Å²) in [4.78, 5) is 2.43. The van der Waals surface area contributed by atoms with E-state index in [0.717, 1.165) is 45.1 Å². The van der Waals surface area contributed by atoms with Crippen molar-refractivity contribution in [3.8, 4) is 0 Å². The summed E-state index contributed by atoms with van der Waals surface area (Å²) in [5.41, 5.74) is 0. The van der Waals surface area contributed by atoms with Crippen molar-refractivity contribution in [1.29, 1.82) is 0 Å². The maximum atomic E-state index is 11.4. The van der Waals surface area contributed by atoms with Crippen molar-refractivity contribution in [2.45, 2.75) is 33.1 Å². The largest absolute Gasteiger partial charge is 0.317 e. The van der Waals surface area contributed by atoms with Crippen LogP contribution in [-0.4, -0.2) is 57.5 Å². The monoisotopic (exact) mass is 276 g/mol. The van der Waals surface area contributed by atoms with Gasteiger partial charge in [0.2, 0.25) is 0 Å². The lowest BCUT2D eigenvalue weighted by molar-refractivity contribution is 0.173. The molecule has 1 unspecified atom stereocenters. The van der Waals surface area contributed by atoms with E-state index >= 15 is 0 Å². The van der Waals surface area contributed by atoms with Crippen LogP contribution in [0.4, 0.5) is 0 Å². The van der Waals surface area contributed by atoms with Gasteiger partial charge in [0.25, 0.3) is 0 Å². The molecule has 1 rings (SSSR count). The topological polar surface area (TPSA) is 49.4 Å². The molecule has 5 heteroatoms. The fourth-order valence-electron chi connectivity index (χ4n) is 2.52. The highest BCUT2D eigenvalue weighted by Gasteiger charge is 2.19. The quantitative estimate of drug-likeness (QED) is 0.722. The fourth-order valence-corrected chi connectivity index (χ4v) is 3.38. The van der Waals surface area contributed by atoms with Crippen LogP contribution in [0.15, 0.2) is 0 Å². The molecule has 0 aromatic heterocycles. The standard InChI is InChI=1S/C13H28N2O2S/c1-3-14-11-13-7-5-8-15(12-13)9-6-10-18(16,17)4-2/h13-14H,3-12H2,1-2H3. The van der Waals surface area contributed by atoms with Gasteiger partial charge >= 0.3 is 0 Å². The van der Waals surface area contributed by atoms with E-state index in [1.165, 1.54) is 12.8 Å². The molecule has 0 aromatic carbocycles. The molecule has 0 aromatic rings. The third-order valence-corrected chi connectivity index (χ3v) is 5.45. The first-order valence-corrected chi connectivity index (χ1v) is 9.03. The molecule has 0 bridgehead atoms. The molecule has 0 spiro atoms. The third-order valence-electron chi connectivity index (χ3n) is 3.66. The first-order valence-electron chi connectivity index (χ1n) is 7.21. The second-order valence-electron chi connectivity index (χ2n) is 5.21. The Labute approximate surface area is 112 Å². The minimum atomic E-state index is -2.79. The molecule has 0 radical (unpaired) electrons. The normalized spacial score (nSPS) is 22.2. The molecule has 1 saturated heterocycles. The van der Waals surface area contributed by atoms with Crippen LogP contribution in [0.2, 0.25) is 0 Å². The summed E-state index contributed by atoms with van der Waals surface area (Å²) in [7, 11) is -2.79. The van der Waals surface area contributed by atoms with Gasteiger partial charge in [-0.25, -0.2) is 8.42 Å². The maximum Gasteiger partial charge on any atom is 0.150 e. The second kappa shape index (κ2) is 8.12. The summed E-state index contributed by atoms with van der Waals surface area (Å²) in [6.45, 7) is 9.18. The maximum absolute atomic E-state index is 11.4. The van der Waals surface area contributed by atoms with E-state index in [1.54, 1.807) is 6.92 Å². The highest BCUT2D eigenvalue weighted by atomic mass is 32.2. The van der Waals surface area contributed by atoms with Gasteiger partial charge in [-0.05, 0) is 51.4 Å². The van der Waals surface area contributed by atoms with Crippen LogP contribution >= 0.6 is 0 Å². The highest BCUT2D eigenvalue weighted by Crippen LogP contribution is 2.16. The summed E-state index contributed by atoms with van der Waals surface area (Å²) >= 11 is 0. The first kappa shape index (κ1) is 15.9. The molecule has 4 nitrogen and oxygen atoms in total. The van der Waals surface area contributed by atoms with Gasteiger partial charge in [-0.2, -0.15) is 0 Å². The zero-order chi connectivity index (χ0) is 13.4. The van der Waals surface area contributed by atoms with Crippen molar-refractivity contribution < 1.29 is 8.42 Å². The van der Waals surface area contributed by atoms with E-state index in [1.807, 2.05) is 0 Å². The number of likely N-dealkylation sites (tertiary alicyclic amines) is 1. The van der Waals surface area contributed by atoms with Gasteiger partial charge < -0.3 is 10.2 Å². The molecule has 1 heterocycles. The number of hydrogen-bond donors (Lipinski definition) is 1. The van der Waals surface area contributed by atoms with E-state index in [-0.39, 0.29) is 5.75 Å². The molecule has 1 aliphatic heterocycles. The Hall–Kier alpha value is -0.130. The summed E-state index contributed by atoms with van der Waals surface area (Å²) in [6, 6.07) is 0. The van der Waals surface area contributed by atoms with Gasteiger partial charge in [-0.3, -0.25) is 0 Å². The number of nitrogens with one attached hydrogen (secondary N) is 1. The van der Waals surface area contributed by atoms with Crippen LogP contribution in [-0.2, 0) is 9.84 Å². The smallest absolute Gasteiger partial charge is 0.150 e. The number of nitrogens with zero attached hydrogens (tertiary/aromatic N) is 1. The zero-order valence-electron chi connectivity index (χ0n) is 11.8. The molecular weight excluding hydrogens is 248 g/mol. The van der Waals surface area contributed by atoms with E-state index in [9.17, 15) is 8.42 Å². The highest BCUT2D eigenvalue weighted by molar-refractivity contribution is 7.91. The average molecular weight is 276 g/mol. The predicted molar refractivity (Wildman–Crippen MR) is 76.7 cm³/mol. The van der Waals surface area contributed by atoms with Gasteiger partial charge in [0.15, 0.2) is 0 Å². The Balaban J connectivity index is 2.22. The number of sulfone groups is 1. The van der Waals surface area contributed by atoms with Crippen LogP contribution in [0.3, 0.4) is 0 Å². The van der Waals surface area contributed by atoms with E-state index in [2.05, 4.69) is 17.1 Å². The Morgan fingerprint density at radius 2 is 2.11 bits per heavy atom. The van der Waals surface area contributed by atoms with Crippen molar-refractivity contribution >= 4 is 9.84 Å². The SMILES string of the molecule is CCNCC1CCCN(CCCS(=O)(=O)CC)C1. The summed E-state index contributed by atoms with van der Waals surface area (Å²) in [5.74, 6) is 1.36. The van der Waals surface area contributed by atoms with Gasteiger partial charge in [0.1, 0.15) is 9.84 Å². The molecule has 18 heavy (non-hydrogen) atoms. The lowest BCUT2D eigenvalue weighted by atomic mass is 9.98. The Bertz CT molecular complexity index is 317. The number of hydrogen-bond acceptors (Lipinski definition) is 4. The van der Waals surface area contributed by atoms with E-state index in [0.29, 0.717) is 5.75 Å². The minimum absolute atomic E-state index is 0.274. The Morgan fingerprint density at radius 3 is 2.78 bits per heavy atom. The van der Waals surface area contributed by atoms with Crippen LogP contribution in [0.25, 0.3) is 0 Å². The van der Waals surface area contributed by atoms with Crippen molar-refractivity contribution in [3.63, 3.8) is 0 Å². The van der Waals surface area contributed by atoms with Crippen LogP contribution in [0, 0.1) is 5.92 Å². The molecule has 1 fully saturated rings. The molecule has 0 aliphatic carbocycles. The predicted octanol–water partition coefficient (Wildman–Crippen LogP) is 1.13. The Kier molecular flexibility index (Phi) is 7.19. The summed E-state index contributed by atoms with van der Waals surface area (Å²) in [6.07, 6.45) is 3.33. The Morgan fingerprint density at radius 1 is 1.33 bits per heavy atom. The van der Waals surface area contributed by atoms with Gasteiger partial charge in [-0.1, -0.05) is 13.8 Å². The number of piperidine rings is 1. The van der Waals surface area contributed by atoms with Crippen LogP contribution in [0.5, 0.6) is 0 Å². The van der Waals surface area contributed by atoms with Gasteiger partial charge in [0.05, 0.1) is 5.75 Å². The zero-order valence-corrected chi connectivity index (χ0v) is 12.6. The van der Waals surface area contributed by atoms with Gasteiger partial charge in [-0.15, -0.1) is 0 Å². The van der Waals surface area contributed by atoms with Gasteiger partial charge in [0, 0.05) is 12.3 Å². The van der Waals surface area contributed by atoms with Crippen molar-refractivity contribution in [2.75, 3.05) is 44.2 Å². The lowest BCUT2D eigenvalue weighted by Crippen LogP contribution is -2.40. The third kappa shape index (κ3) is 6.16. The van der Waals surface area contributed by atoms with Crippen molar-refractivity contribution in [3.05, 3.63) is 0 Å². The molecule has 0 saturated carbocycles. The van der Waals surface area contributed by atoms with Crippen LogP contribution in [0.1, 0.15) is 33.1 Å². The van der Waals surface area contributed by atoms with E-state index < -0.39 is 9.84 Å². The molecule has 1 atom stereocenters.